The van der Waals surface area contributed by atoms with Crippen LogP contribution in [0.4, 0.5) is 4.39 Å². The Labute approximate surface area is 132 Å². The lowest BCUT2D eigenvalue weighted by Gasteiger charge is -2.18. The maximum atomic E-state index is 12.9. The van der Waals surface area contributed by atoms with Crippen LogP contribution < -0.4 is 0 Å². The van der Waals surface area contributed by atoms with Crippen LogP contribution in [0, 0.1) is 34.9 Å². The molecule has 0 N–H and O–H groups in total. The quantitative estimate of drug-likeness (QED) is 0.478. The molecule has 5 rings (SSSR count). The second-order valence-corrected chi connectivity index (χ2v) is 7.01. The summed E-state index contributed by atoms with van der Waals surface area (Å²) in [7, 11) is 0. The third-order valence-corrected chi connectivity index (χ3v) is 6.02. The van der Waals surface area contributed by atoms with E-state index in [1.807, 2.05) is 0 Å². The predicted octanol–water partition coefficient (Wildman–Crippen LogP) is 2.36. The highest BCUT2D eigenvalue weighted by Crippen LogP contribution is 2.73. The molecule has 3 aliphatic carbocycles. The van der Waals surface area contributed by atoms with Crippen LogP contribution in [0.2, 0.25) is 0 Å². The summed E-state index contributed by atoms with van der Waals surface area (Å²) in [6.45, 7) is 0. The van der Waals surface area contributed by atoms with Crippen molar-refractivity contribution in [1.29, 1.82) is 0 Å². The Bertz CT molecular complexity index is 745. The Kier molecular flexibility index (Phi) is 2.38. The molecule has 2 amide bonds. The molecule has 23 heavy (non-hydrogen) atoms. The highest BCUT2D eigenvalue weighted by molar-refractivity contribution is 6.07. The van der Waals surface area contributed by atoms with Gasteiger partial charge < -0.3 is 0 Å². The molecule has 5 heteroatoms. The Morgan fingerprint density at radius 1 is 1.04 bits per heavy atom. The number of benzene rings is 1. The number of hydrogen-bond acceptors (Lipinski definition) is 3. The van der Waals surface area contributed by atoms with E-state index in [9.17, 15) is 14.0 Å². The standard InChI is InChI=1S/C18H15FN2O2/c19-11-3-1-10(2-4-11)9-20-21-16(22)14-12-5-6-13(15(14)17(21)23)18(12)7-8-18/h1-6,9,12-15H,7-8H2/b20-9+. The average molecular weight is 310 g/mol. The highest BCUT2D eigenvalue weighted by Gasteiger charge is 2.73. The molecule has 1 heterocycles. The van der Waals surface area contributed by atoms with E-state index in [-0.39, 0.29) is 46.7 Å². The summed E-state index contributed by atoms with van der Waals surface area (Å²) in [4.78, 5) is 25.4. The van der Waals surface area contributed by atoms with Crippen molar-refractivity contribution in [2.45, 2.75) is 12.8 Å². The SMILES string of the molecule is O=C1C2C(C(=O)N1/N=C/c1ccc(F)cc1)C1C=CC2C12CC2. The van der Waals surface area contributed by atoms with Gasteiger partial charge in [-0.15, -0.1) is 0 Å². The summed E-state index contributed by atoms with van der Waals surface area (Å²) in [6.07, 6.45) is 7.97. The van der Waals surface area contributed by atoms with Gasteiger partial charge in [0.2, 0.25) is 0 Å². The van der Waals surface area contributed by atoms with Crippen LogP contribution in [0.3, 0.4) is 0 Å². The monoisotopic (exact) mass is 310 g/mol. The van der Waals surface area contributed by atoms with Crippen LogP contribution in [0.1, 0.15) is 18.4 Å². The third-order valence-electron chi connectivity index (χ3n) is 6.02. The molecule has 3 fully saturated rings. The highest BCUT2D eigenvalue weighted by atomic mass is 19.1. The van der Waals surface area contributed by atoms with Crippen molar-refractivity contribution in [3.05, 3.63) is 47.8 Å². The molecule has 4 nitrogen and oxygen atoms in total. The molecule has 116 valence electrons. The number of allylic oxidation sites excluding steroid dienone is 2. The Morgan fingerprint density at radius 2 is 1.61 bits per heavy atom. The first-order valence-corrected chi connectivity index (χ1v) is 7.97. The summed E-state index contributed by atoms with van der Waals surface area (Å²) in [5.74, 6) is -0.735. The minimum absolute atomic E-state index is 0.179. The van der Waals surface area contributed by atoms with E-state index in [2.05, 4.69) is 17.3 Å². The lowest BCUT2D eigenvalue weighted by molar-refractivity contribution is -0.141. The number of carbonyl (C=O) groups excluding carboxylic acids is 2. The number of hydrogen-bond donors (Lipinski definition) is 0. The van der Waals surface area contributed by atoms with Gasteiger partial charge in [0.25, 0.3) is 11.8 Å². The number of fused-ring (bicyclic) bond motifs is 3. The molecule has 4 unspecified atom stereocenters. The van der Waals surface area contributed by atoms with E-state index in [4.69, 9.17) is 0 Å². The van der Waals surface area contributed by atoms with E-state index in [1.165, 1.54) is 18.3 Å². The van der Waals surface area contributed by atoms with Crippen molar-refractivity contribution in [3.8, 4) is 0 Å². The fraction of sp³-hybridized carbons (Fsp3) is 0.389. The predicted molar refractivity (Wildman–Crippen MR) is 80.6 cm³/mol. The van der Waals surface area contributed by atoms with Crippen LogP contribution in [0.5, 0.6) is 0 Å². The van der Waals surface area contributed by atoms with Crippen molar-refractivity contribution in [2.24, 2.45) is 34.2 Å². The van der Waals surface area contributed by atoms with Crippen molar-refractivity contribution < 1.29 is 14.0 Å². The topological polar surface area (TPSA) is 49.7 Å². The second-order valence-electron chi connectivity index (χ2n) is 7.01. The van der Waals surface area contributed by atoms with E-state index in [0.29, 0.717) is 5.56 Å². The second kappa shape index (κ2) is 4.16. The Morgan fingerprint density at radius 3 is 2.13 bits per heavy atom. The minimum atomic E-state index is -0.331. The van der Waals surface area contributed by atoms with Crippen molar-refractivity contribution in [1.82, 2.24) is 5.01 Å². The van der Waals surface area contributed by atoms with Crippen molar-refractivity contribution in [2.75, 3.05) is 0 Å². The van der Waals surface area contributed by atoms with Crippen LogP contribution in [-0.2, 0) is 9.59 Å². The summed E-state index contributed by atoms with van der Waals surface area (Å²) >= 11 is 0. The molecule has 0 aromatic heterocycles. The first-order chi connectivity index (χ1) is 11.1. The molecule has 2 bridgehead atoms. The maximum Gasteiger partial charge on any atom is 0.254 e. The Balaban J connectivity index is 1.43. The van der Waals surface area contributed by atoms with Crippen LogP contribution in [0.15, 0.2) is 41.5 Å². The van der Waals surface area contributed by atoms with Crippen molar-refractivity contribution in [3.63, 3.8) is 0 Å². The van der Waals surface area contributed by atoms with Crippen LogP contribution in [0.25, 0.3) is 0 Å². The van der Waals surface area contributed by atoms with Gasteiger partial charge in [-0.3, -0.25) is 9.59 Å². The maximum absolute atomic E-state index is 12.9. The number of nitrogens with zero attached hydrogens (tertiary/aromatic N) is 2. The molecule has 1 aliphatic heterocycles. The van der Waals surface area contributed by atoms with Gasteiger partial charge in [0, 0.05) is 0 Å². The number of rotatable bonds is 2. The fourth-order valence-corrected chi connectivity index (χ4v) is 4.85. The average Bonchev–Trinajstić information content (AvgIpc) is 3.15. The lowest BCUT2D eigenvalue weighted by atomic mass is 9.85. The molecule has 0 radical (unpaired) electrons. The zero-order valence-electron chi connectivity index (χ0n) is 12.4. The molecule has 1 aromatic carbocycles. The van der Waals surface area contributed by atoms with Gasteiger partial charge in [-0.2, -0.15) is 10.1 Å². The summed E-state index contributed by atoms with van der Waals surface area (Å²) in [5, 5.41) is 5.12. The van der Waals surface area contributed by atoms with Gasteiger partial charge in [-0.25, -0.2) is 4.39 Å². The molecule has 2 saturated carbocycles. The van der Waals surface area contributed by atoms with Gasteiger partial charge in [0.1, 0.15) is 5.82 Å². The molecule has 4 atom stereocenters. The molecular weight excluding hydrogens is 295 g/mol. The normalized spacial score (nSPS) is 35.8. The number of imide groups is 1. The van der Waals surface area contributed by atoms with Gasteiger partial charge in [0.15, 0.2) is 0 Å². The summed E-state index contributed by atoms with van der Waals surface area (Å²) < 4.78 is 12.9. The first kappa shape index (κ1) is 13.2. The first-order valence-electron chi connectivity index (χ1n) is 7.97. The van der Waals surface area contributed by atoms with E-state index >= 15 is 0 Å². The number of carbonyl (C=O) groups is 2. The third kappa shape index (κ3) is 1.57. The van der Waals surface area contributed by atoms with Gasteiger partial charge >= 0.3 is 0 Å². The summed E-state index contributed by atoms with van der Waals surface area (Å²) in [6, 6.07) is 5.78. The molecular formula is C18H15FN2O2. The molecule has 4 aliphatic rings. The van der Waals surface area contributed by atoms with Gasteiger partial charge in [-0.1, -0.05) is 24.3 Å². The van der Waals surface area contributed by atoms with Gasteiger partial charge in [-0.05, 0) is 47.8 Å². The largest absolute Gasteiger partial charge is 0.272 e. The van der Waals surface area contributed by atoms with E-state index < -0.39 is 0 Å². The summed E-state index contributed by atoms with van der Waals surface area (Å²) in [5.41, 5.74) is 0.858. The smallest absolute Gasteiger partial charge is 0.254 e. The van der Waals surface area contributed by atoms with E-state index in [1.54, 1.807) is 12.1 Å². The Hall–Kier alpha value is -2.30. The minimum Gasteiger partial charge on any atom is -0.272 e. The molecule has 1 saturated heterocycles. The van der Waals surface area contributed by atoms with Gasteiger partial charge in [0.05, 0.1) is 18.1 Å². The van der Waals surface area contributed by atoms with Crippen LogP contribution in [-0.4, -0.2) is 23.0 Å². The number of amides is 2. The van der Waals surface area contributed by atoms with Crippen LogP contribution >= 0.6 is 0 Å². The number of hydrazone groups is 1. The molecule has 1 spiro atoms. The zero-order chi connectivity index (χ0) is 15.8. The molecule has 1 aromatic rings. The van der Waals surface area contributed by atoms with E-state index in [0.717, 1.165) is 17.9 Å². The zero-order valence-corrected chi connectivity index (χ0v) is 12.4. The van der Waals surface area contributed by atoms with Crippen molar-refractivity contribution >= 4 is 18.0 Å². The number of halogens is 1. The lowest BCUT2D eigenvalue weighted by Crippen LogP contribution is -2.30. The fourth-order valence-electron chi connectivity index (χ4n) is 4.85.